The van der Waals surface area contributed by atoms with Gasteiger partial charge >= 0.3 is 0 Å². The van der Waals surface area contributed by atoms with Crippen LogP contribution in [-0.2, 0) is 6.54 Å². The number of aromatic nitrogens is 4. The number of rotatable bonds is 2. The number of halogens is 2. The third-order valence-electron chi connectivity index (χ3n) is 2.82. The Labute approximate surface area is 122 Å². The molecule has 0 unspecified atom stereocenters. The highest BCUT2D eigenvalue weighted by Gasteiger charge is 2.11. The van der Waals surface area contributed by atoms with Gasteiger partial charge in [-0.25, -0.2) is 15.0 Å². The van der Waals surface area contributed by atoms with Crippen molar-refractivity contribution in [2.45, 2.75) is 6.54 Å². The van der Waals surface area contributed by atoms with Crippen LogP contribution < -0.4 is 5.73 Å². The fraction of sp³-hybridized carbons (Fsp3) is 0.0833. The third-order valence-corrected chi connectivity index (χ3v) is 3.92. The molecule has 0 aliphatic heterocycles. The van der Waals surface area contributed by atoms with Crippen molar-refractivity contribution in [2.24, 2.45) is 0 Å². The molecule has 0 spiro atoms. The van der Waals surface area contributed by atoms with Crippen molar-refractivity contribution < 1.29 is 0 Å². The summed E-state index contributed by atoms with van der Waals surface area (Å²) in [4.78, 5) is 12.4. The molecule has 2 N–H and O–H groups in total. The predicted octanol–water partition coefficient (Wildman–Crippen LogP) is 2.87. The lowest BCUT2D eigenvalue weighted by molar-refractivity contribution is 0.810. The van der Waals surface area contributed by atoms with Crippen LogP contribution >= 0.6 is 27.5 Å². The average Bonchev–Trinajstić information content (AvgIpc) is 2.79. The number of benzene rings is 1. The van der Waals surface area contributed by atoms with Crippen molar-refractivity contribution in [3.63, 3.8) is 0 Å². The number of hydrogen-bond acceptors (Lipinski definition) is 4. The van der Waals surface area contributed by atoms with Gasteiger partial charge in [-0.15, -0.1) is 0 Å². The molecular formula is C12H9BrClN5. The van der Waals surface area contributed by atoms with E-state index in [1.165, 1.54) is 6.33 Å². The summed E-state index contributed by atoms with van der Waals surface area (Å²) in [6.45, 7) is 0.563. The topological polar surface area (TPSA) is 69.6 Å². The number of nitrogens with zero attached hydrogens (tertiary/aromatic N) is 4. The maximum Gasteiger partial charge on any atom is 0.165 e. The Kier molecular flexibility index (Phi) is 3.12. The van der Waals surface area contributed by atoms with E-state index in [1.807, 2.05) is 22.8 Å². The molecule has 96 valence electrons. The first kappa shape index (κ1) is 12.4. The van der Waals surface area contributed by atoms with E-state index in [1.54, 1.807) is 6.33 Å². The Morgan fingerprint density at radius 3 is 2.89 bits per heavy atom. The highest BCUT2D eigenvalue weighted by atomic mass is 79.9. The lowest BCUT2D eigenvalue weighted by Crippen LogP contribution is -2.02. The maximum atomic E-state index is 6.21. The van der Waals surface area contributed by atoms with Gasteiger partial charge < -0.3 is 10.3 Å². The van der Waals surface area contributed by atoms with Gasteiger partial charge in [0.2, 0.25) is 0 Å². The molecule has 2 heterocycles. The van der Waals surface area contributed by atoms with E-state index < -0.39 is 0 Å². The lowest BCUT2D eigenvalue weighted by atomic mass is 10.2. The standard InChI is InChI=1S/C12H9BrClN5/c13-8-2-1-3-9(14)7(8)4-19-6-18-10-11(15)16-5-17-12(10)19/h1-3,5-6H,4H2,(H2,15,16,17). The Hall–Kier alpha value is -1.66. The second-order valence-electron chi connectivity index (χ2n) is 4.00. The number of hydrogen-bond donors (Lipinski definition) is 1. The van der Waals surface area contributed by atoms with E-state index in [0.717, 1.165) is 10.0 Å². The molecule has 1 aromatic carbocycles. The zero-order valence-corrected chi connectivity index (χ0v) is 12.1. The summed E-state index contributed by atoms with van der Waals surface area (Å²) in [6, 6.07) is 5.69. The zero-order chi connectivity index (χ0) is 13.4. The predicted molar refractivity (Wildman–Crippen MR) is 78.0 cm³/mol. The molecule has 0 saturated heterocycles. The van der Waals surface area contributed by atoms with Crippen LogP contribution in [0.15, 0.2) is 35.3 Å². The molecule has 0 saturated carbocycles. The van der Waals surface area contributed by atoms with Gasteiger partial charge in [-0.1, -0.05) is 33.6 Å². The molecule has 3 rings (SSSR count). The van der Waals surface area contributed by atoms with Crippen molar-refractivity contribution in [3.8, 4) is 0 Å². The van der Waals surface area contributed by atoms with Crippen LogP contribution in [0.1, 0.15) is 5.56 Å². The van der Waals surface area contributed by atoms with Crippen LogP contribution in [0.25, 0.3) is 11.2 Å². The minimum Gasteiger partial charge on any atom is -0.382 e. The normalized spacial score (nSPS) is 11.1. The Morgan fingerprint density at radius 1 is 1.26 bits per heavy atom. The van der Waals surface area contributed by atoms with E-state index >= 15 is 0 Å². The monoisotopic (exact) mass is 337 g/mol. The summed E-state index contributed by atoms with van der Waals surface area (Å²) in [6.07, 6.45) is 3.11. The number of anilines is 1. The van der Waals surface area contributed by atoms with E-state index in [-0.39, 0.29) is 0 Å². The quantitative estimate of drug-likeness (QED) is 0.780. The van der Waals surface area contributed by atoms with Crippen molar-refractivity contribution in [1.82, 2.24) is 19.5 Å². The fourth-order valence-electron chi connectivity index (χ4n) is 1.87. The molecule has 0 atom stereocenters. The summed E-state index contributed by atoms with van der Waals surface area (Å²) in [7, 11) is 0. The number of nitrogens with two attached hydrogens (primary N) is 1. The van der Waals surface area contributed by atoms with Gasteiger partial charge in [0.1, 0.15) is 11.8 Å². The van der Waals surface area contributed by atoms with Crippen molar-refractivity contribution >= 4 is 44.5 Å². The third kappa shape index (κ3) is 2.17. The molecular weight excluding hydrogens is 330 g/mol. The van der Waals surface area contributed by atoms with Gasteiger partial charge in [-0.05, 0) is 12.1 Å². The summed E-state index contributed by atoms with van der Waals surface area (Å²) in [5, 5.41) is 0.693. The number of fused-ring (bicyclic) bond motifs is 1. The van der Waals surface area contributed by atoms with Gasteiger partial charge in [0.25, 0.3) is 0 Å². The van der Waals surface area contributed by atoms with Gasteiger partial charge in [-0.3, -0.25) is 0 Å². The highest BCUT2D eigenvalue weighted by molar-refractivity contribution is 9.10. The first-order chi connectivity index (χ1) is 9.16. The largest absolute Gasteiger partial charge is 0.382 e. The molecule has 0 radical (unpaired) electrons. The zero-order valence-electron chi connectivity index (χ0n) is 9.72. The van der Waals surface area contributed by atoms with Crippen molar-refractivity contribution in [3.05, 3.63) is 45.9 Å². The molecule has 7 heteroatoms. The minimum atomic E-state index is 0.377. The van der Waals surface area contributed by atoms with Crippen LogP contribution in [0, 0.1) is 0 Å². The van der Waals surface area contributed by atoms with Crippen molar-refractivity contribution in [1.29, 1.82) is 0 Å². The van der Waals surface area contributed by atoms with Gasteiger partial charge in [0.05, 0.1) is 12.9 Å². The summed E-state index contributed by atoms with van der Waals surface area (Å²) in [5.74, 6) is 0.377. The maximum absolute atomic E-state index is 6.21. The number of imidazole rings is 1. The summed E-state index contributed by atoms with van der Waals surface area (Å²) in [5.41, 5.74) is 8.03. The van der Waals surface area contributed by atoms with E-state index in [9.17, 15) is 0 Å². The van der Waals surface area contributed by atoms with Gasteiger partial charge in [0, 0.05) is 15.1 Å². The molecule has 3 aromatic rings. The Balaban J connectivity index is 2.09. The summed E-state index contributed by atoms with van der Waals surface area (Å²) >= 11 is 9.70. The molecule has 0 aliphatic carbocycles. The van der Waals surface area contributed by atoms with E-state index in [2.05, 4.69) is 30.9 Å². The van der Waals surface area contributed by atoms with Crippen LogP contribution in [0.5, 0.6) is 0 Å². The smallest absolute Gasteiger partial charge is 0.165 e. The SMILES string of the molecule is Nc1ncnc2c1ncn2Cc1c(Cl)cccc1Br. The van der Waals surface area contributed by atoms with Crippen LogP contribution in [-0.4, -0.2) is 19.5 Å². The molecule has 5 nitrogen and oxygen atoms in total. The van der Waals surface area contributed by atoms with Crippen LogP contribution in [0.4, 0.5) is 5.82 Å². The average molecular weight is 339 g/mol. The fourth-order valence-corrected chi connectivity index (χ4v) is 2.71. The number of nitrogen functional groups attached to an aromatic ring is 1. The van der Waals surface area contributed by atoms with Gasteiger partial charge in [-0.2, -0.15) is 0 Å². The molecule has 0 amide bonds. The van der Waals surface area contributed by atoms with Crippen LogP contribution in [0.2, 0.25) is 5.02 Å². The van der Waals surface area contributed by atoms with Gasteiger partial charge in [0.15, 0.2) is 11.5 Å². The second-order valence-corrected chi connectivity index (χ2v) is 5.27. The molecule has 2 aromatic heterocycles. The Morgan fingerprint density at radius 2 is 2.11 bits per heavy atom. The summed E-state index contributed by atoms with van der Waals surface area (Å²) < 4.78 is 2.84. The molecule has 0 bridgehead atoms. The first-order valence-electron chi connectivity index (χ1n) is 5.51. The van der Waals surface area contributed by atoms with E-state index in [0.29, 0.717) is 28.5 Å². The van der Waals surface area contributed by atoms with Crippen molar-refractivity contribution in [2.75, 3.05) is 5.73 Å². The Bertz CT molecular complexity index is 735. The second kappa shape index (κ2) is 4.79. The van der Waals surface area contributed by atoms with Crippen LogP contribution in [0.3, 0.4) is 0 Å². The van der Waals surface area contributed by atoms with E-state index in [4.69, 9.17) is 17.3 Å². The molecule has 0 aliphatic rings. The first-order valence-corrected chi connectivity index (χ1v) is 6.68. The lowest BCUT2D eigenvalue weighted by Gasteiger charge is -2.08. The highest BCUT2D eigenvalue weighted by Crippen LogP contribution is 2.26. The molecule has 19 heavy (non-hydrogen) atoms. The minimum absolute atomic E-state index is 0.377. The molecule has 0 fully saturated rings.